The number of rotatable bonds is 5. The van der Waals surface area contributed by atoms with Gasteiger partial charge in [0.15, 0.2) is 0 Å². The zero-order valence-electron chi connectivity index (χ0n) is 12.8. The Morgan fingerprint density at radius 1 is 1.24 bits per heavy atom. The van der Waals surface area contributed by atoms with E-state index >= 15 is 0 Å². The van der Waals surface area contributed by atoms with Crippen molar-refractivity contribution in [1.29, 1.82) is 0 Å². The molecule has 2 aromatic rings. The van der Waals surface area contributed by atoms with Crippen LogP contribution in [-0.4, -0.2) is 21.8 Å². The lowest BCUT2D eigenvalue weighted by Gasteiger charge is -2.20. The highest BCUT2D eigenvalue weighted by Gasteiger charge is 2.19. The molecule has 2 heterocycles. The number of aryl methyl sites for hydroxylation is 1. The van der Waals surface area contributed by atoms with E-state index in [9.17, 15) is 0 Å². The Bertz CT molecular complexity index is 603. The summed E-state index contributed by atoms with van der Waals surface area (Å²) in [5.74, 6) is 0.785. The van der Waals surface area contributed by atoms with Crippen molar-refractivity contribution in [1.82, 2.24) is 9.97 Å². The van der Waals surface area contributed by atoms with Gasteiger partial charge in [-0.1, -0.05) is 26.2 Å². The van der Waals surface area contributed by atoms with Gasteiger partial charge in [-0.25, -0.2) is 9.97 Å². The molecule has 1 fully saturated rings. The molecule has 3 nitrogen and oxygen atoms in total. The minimum absolute atomic E-state index is 0.733. The lowest BCUT2D eigenvalue weighted by Crippen LogP contribution is -2.09. The van der Waals surface area contributed by atoms with E-state index in [4.69, 9.17) is 4.98 Å². The molecule has 0 saturated heterocycles. The van der Waals surface area contributed by atoms with Crippen molar-refractivity contribution >= 4 is 39.3 Å². The molecule has 0 aliphatic heterocycles. The molecule has 1 saturated carbocycles. The third kappa shape index (κ3) is 3.51. The molecule has 0 radical (unpaired) electrons. The quantitative estimate of drug-likeness (QED) is 0.777. The van der Waals surface area contributed by atoms with Crippen molar-refractivity contribution in [2.24, 2.45) is 0 Å². The first-order chi connectivity index (χ1) is 10.3. The SMILES string of the molecule is CCNc1nc(SC2CCCCC2)c2cc(CC)sc2n1. The fraction of sp³-hybridized carbons (Fsp3) is 0.625. The van der Waals surface area contributed by atoms with Crippen LogP contribution in [0.3, 0.4) is 0 Å². The first kappa shape index (κ1) is 15.1. The lowest BCUT2D eigenvalue weighted by molar-refractivity contribution is 0.516. The van der Waals surface area contributed by atoms with Crippen LogP contribution < -0.4 is 5.32 Å². The van der Waals surface area contributed by atoms with Gasteiger partial charge in [-0.2, -0.15) is 0 Å². The topological polar surface area (TPSA) is 37.8 Å². The second-order valence-corrected chi connectivity index (χ2v) is 7.95. The summed E-state index contributed by atoms with van der Waals surface area (Å²) >= 11 is 3.78. The standard InChI is InChI=1S/C16H23N3S2/c1-3-11-10-13-14(20-11)18-16(17-4-2)19-15(13)21-12-8-6-5-7-9-12/h10,12H,3-9H2,1-2H3,(H,17,18,19). The molecule has 1 aliphatic carbocycles. The van der Waals surface area contributed by atoms with Gasteiger partial charge >= 0.3 is 0 Å². The monoisotopic (exact) mass is 321 g/mol. The van der Waals surface area contributed by atoms with E-state index in [2.05, 4.69) is 30.2 Å². The molecule has 0 spiro atoms. The van der Waals surface area contributed by atoms with Crippen molar-refractivity contribution in [3.8, 4) is 0 Å². The molecule has 114 valence electrons. The highest BCUT2D eigenvalue weighted by Crippen LogP contribution is 2.38. The van der Waals surface area contributed by atoms with Crippen molar-refractivity contribution in [2.45, 2.75) is 62.6 Å². The molecule has 1 N–H and O–H groups in total. The highest BCUT2D eigenvalue weighted by molar-refractivity contribution is 8.00. The minimum atomic E-state index is 0.733. The summed E-state index contributed by atoms with van der Waals surface area (Å²) in [5.41, 5.74) is 0. The number of fused-ring (bicyclic) bond motifs is 1. The largest absolute Gasteiger partial charge is 0.354 e. The number of thiophene rings is 1. The summed E-state index contributed by atoms with van der Waals surface area (Å²) in [5, 5.41) is 6.45. The van der Waals surface area contributed by atoms with Gasteiger partial charge in [-0.3, -0.25) is 0 Å². The average molecular weight is 322 g/mol. The van der Waals surface area contributed by atoms with E-state index in [-0.39, 0.29) is 0 Å². The van der Waals surface area contributed by atoms with Crippen LogP contribution in [0.5, 0.6) is 0 Å². The van der Waals surface area contributed by atoms with Crippen LogP contribution in [0.25, 0.3) is 10.2 Å². The van der Waals surface area contributed by atoms with Crippen molar-refractivity contribution in [3.05, 3.63) is 10.9 Å². The molecule has 21 heavy (non-hydrogen) atoms. The molecular weight excluding hydrogens is 298 g/mol. The van der Waals surface area contributed by atoms with Crippen molar-refractivity contribution < 1.29 is 0 Å². The van der Waals surface area contributed by atoms with E-state index in [0.29, 0.717) is 0 Å². The van der Waals surface area contributed by atoms with Crippen LogP contribution in [0.1, 0.15) is 50.8 Å². The van der Waals surface area contributed by atoms with Crippen LogP contribution in [0.15, 0.2) is 11.1 Å². The van der Waals surface area contributed by atoms with Gasteiger partial charge < -0.3 is 5.32 Å². The van der Waals surface area contributed by atoms with Crippen LogP contribution in [0.2, 0.25) is 0 Å². The number of hydrogen-bond donors (Lipinski definition) is 1. The Hall–Kier alpha value is -0.810. The summed E-state index contributed by atoms with van der Waals surface area (Å²) in [7, 11) is 0. The predicted octanol–water partition coefficient (Wildman–Crippen LogP) is 5.11. The minimum Gasteiger partial charge on any atom is -0.354 e. The summed E-state index contributed by atoms with van der Waals surface area (Å²) in [6.07, 6.45) is 7.88. The Morgan fingerprint density at radius 2 is 2.05 bits per heavy atom. The fourth-order valence-corrected chi connectivity index (χ4v) is 5.13. The summed E-state index contributed by atoms with van der Waals surface area (Å²) in [6.45, 7) is 5.16. The van der Waals surface area contributed by atoms with Gasteiger partial charge in [0.05, 0.1) is 0 Å². The zero-order valence-corrected chi connectivity index (χ0v) is 14.4. The van der Waals surface area contributed by atoms with Gasteiger partial charge in [0.1, 0.15) is 9.86 Å². The number of nitrogens with one attached hydrogen (secondary N) is 1. The molecule has 5 heteroatoms. The van der Waals surface area contributed by atoms with Gasteiger partial charge in [-0.05, 0) is 32.3 Å². The summed E-state index contributed by atoms with van der Waals surface area (Å²) in [6, 6.07) is 2.29. The Kier molecular flexibility index (Phi) is 5.01. The molecule has 1 aliphatic rings. The van der Waals surface area contributed by atoms with Crippen LogP contribution in [-0.2, 0) is 6.42 Å². The molecule has 0 amide bonds. The van der Waals surface area contributed by atoms with Crippen molar-refractivity contribution in [2.75, 3.05) is 11.9 Å². The Labute approximate surface area is 135 Å². The first-order valence-electron chi connectivity index (χ1n) is 8.01. The lowest BCUT2D eigenvalue weighted by atomic mass is 10.0. The van der Waals surface area contributed by atoms with Gasteiger partial charge in [-0.15, -0.1) is 23.1 Å². The average Bonchev–Trinajstić information content (AvgIpc) is 2.92. The highest BCUT2D eigenvalue weighted by atomic mass is 32.2. The molecule has 3 rings (SSSR count). The predicted molar refractivity (Wildman–Crippen MR) is 93.7 cm³/mol. The van der Waals surface area contributed by atoms with E-state index in [1.54, 1.807) is 0 Å². The Balaban J connectivity index is 1.94. The number of anilines is 1. The summed E-state index contributed by atoms with van der Waals surface area (Å²) < 4.78 is 0. The van der Waals surface area contributed by atoms with Crippen LogP contribution in [0, 0.1) is 0 Å². The van der Waals surface area contributed by atoms with E-state index < -0.39 is 0 Å². The van der Waals surface area contributed by atoms with Gasteiger partial charge in [0.2, 0.25) is 5.95 Å². The van der Waals surface area contributed by atoms with Gasteiger partial charge in [0.25, 0.3) is 0 Å². The van der Waals surface area contributed by atoms with E-state index in [1.165, 1.54) is 47.4 Å². The molecule has 0 atom stereocenters. The van der Waals surface area contributed by atoms with Crippen LogP contribution in [0.4, 0.5) is 5.95 Å². The fourth-order valence-electron chi connectivity index (χ4n) is 2.79. The molecule has 0 unspecified atom stereocenters. The van der Waals surface area contributed by atoms with E-state index in [1.807, 2.05) is 23.1 Å². The normalized spacial score (nSPS) is 16.5. The Morgan fingerprint density at radius 3 is 2.76 bits per heavy atom. The van der Waals surface area contributed by atoms with Gasteiger partial charge in [0, 0.05) is 22.1 Å². The third-order valence-corrected chi connectivity index (χ3v) is 6.44. The zero-order chi connectivity index (χ0) is 14.7. The molecule has 0 aromatic carbocycles. The van der Waals surface area contributed by atoms with Crippen molar-refractivity contribution in [3.63, 3.8) is 0 Å². The number of thioether (sulfide) groups is 1. The second kappa shape index (κ2) is 6.97. The molecule has 2 aromatic heterocycles. The number of hydrogen-bond acceptors (Lipinski definition) is 5. The number of aromatic nitrogens is 2. The smallest absolute Gasteiger partial charge is 0.225 e. The third-order valence-electron chi connectivity index (χ3n) is 3.92. The van der Waals surface area contributed by atoms with E-state index in [0.717, 1.165) is 29.0 Å². The maximum absolute atomic E-state index is 4.78. The number of nitrogens with zero attached hydrogens (tertiary/aromatic N) is 2. The second-order valence-electron chi connectivity index (χ2n) is 5.55. The molecular formula is C16H23N3S2. The van der Waals surface area contributed by atoms with Crippen LogP contribution >= 0.6 is 23.1 Å². The maximum atomic E-state index is 4.78. The maximum Gasteiger partial charge on any atom is 0.225 e. The first-order valence-corrected chi connectivity index (χ1v) is 9.70. The summed E-state index contributed by atoms with van der Waals surface area (Å²) in [4.78, 5) is 12.0. The molecule has 0 bridgehead atoms.